The molecule has 0 saturated carbocycles. The van der Waals surface area contributed by atoms with Gasteiger partial charge in [0.15, 0.2) is 0 Å². The predicted octanol–water partition coefficient (Wildman–Crippen LogP) is -0.936. The molecule has 0 atom stereocenters. The van der Waals surface area contributed by atoms with Crippen LogP contribution in [0.2, 0.25) is 0 Å². The summed E-state index contributed by atoms with van der Waals surface area (Å²) >= 11 is 0. The fourth-order valence-corrected chi connectivity index (χ4v) is 0.920. The van der Waals surface area contributed by atoms with Crippen LogP contribution in [0.5, 0.6) is 0 Å². The lowest BCUT2D eigenvalue weighted by atomic mass is 10.4. The minimum atomic E-state index is -1.04. The Morgan fingerprint density at radius 1 is 1.67 bits per heavy atom. The average molecular weight is 170 g/mol. The number of rotatable bonds is 3. The molecule has 1 aliphatic rings. The van der Waals surface area contributed by atoms with Gasteiger partial charge in [-0.15, -0.1) is 0 Å². The van der Waals surface area contributed by atoms with E-state index >= 15 is 0 Å². The Bertz CT molecular complexity index is 235. The molecule has 0 saturated heterocycles. The quantitative estimate of drug-likeness (QED) is 0.511. The van der Waals surface area contributed by atoms with Crippen molar-refractivity contribution in [1.82, 2.24) is 10.6 Å². The molecule has 0 spiro atoms. The Morgan fingerprint density at radius 3 is 2.92 bits per heavy atom. The summed E-state index contributed by atoms with van der Waals surface area (Å²) in [7, 11) is 0. The van der Waals surface area contributed by atoms with Crippen LogP contribution >= 0.6 is 0 Å². The van der Waals surface area contributed by atoms with E-state index in [0.29, 0.717) is 5.70 Å². The minimum Gasteiger partial charge on any atom is -0.480 e. The summed E-state index contributed by atoms with van der Waals surface area (Å²) in [4.78, 5) is 21.1. The SMILES string of the molecule is O=C(O)CNC(=O)C1=CCCN1. The Balaban J connectivity index is 2.33. The second kappa shape index (κ2) is 3.75. The van der Waals surface area contributed by atoms with E-state index in [4.69, 9.17) is 5.11 Å². The molecule has 0 aromatic heterocycles. The largest absolute Gasteiger partial charge is 0.480 e. The van der Waals surface area contributed by atoms with Gasteiger partial charge in [-0.1, -0.05) is 6.08 Å². The molecule has 12 heavy (non-hydrogen) atoms. The van der Waals surface area contributed by atoms with Gasteiger partial charge in [-0.05, 0) is 6.42 Å². The third-order valence-electron chi connectivity index (χ3n) is 1.45. The summed E-state index contributed by atoms with van der Waals surface area (Å²) in [5.74, 6) is -1.39. The zero-order valence-corrected chi connectivity index (χ0v) is 6.46. The number of amides is 1. The van der Waals surface area contributed by atoms with Gasteiger partial charge in [0.25, 0.3) is 5.91 Å². The number of hydrogen-bond donors (Lipinski definition) is 3. The van der Waals surface area contributed by atoms with Crippen LogP contribution in [0, 0.1) is 0 Å². The van der Waals surface area contributed by atoms with Gasteiger partial charge in [0.05, 0.1) is 5.70 Å². The van der Waals surface area contributed by atoms with Crippen LogP contribution in [0.3, 0.4) is 0 Å². The first-order valence-electron chi connectivity index (χ1n) is 3.64. The summed E-state index contributed by atoms with van der Waals surface area (Å²) in [6.07, 6.45) is 2.56. The monoisotopic (exact) mass is 170 g/mol. The molecular weight excluding hydrogens is 160 g/mol. The molecular formula is C7H10N2O3. The van der Waals surface area contributed by atoms with E-state index in [-0.39, 0.29) is 12.5 Å². The Kier molecular flexibility index (Phi) is 2.68. The number of hydrogen-bond acceptors (Lipinski definition) is 3. The maximum Gasteiger partial charge on any atom is 0.322 e. The summed E-state index contributed by atoms with van der Waals surface area (Å²) in [5, 5.41) is 13.3. The highest BCUT2D eigenvalue weighted by Crippen LogP contribution is 1.99. The van der Waals surface area contributed by atoms with Gasteiger partial charge in [0.2, 0.25) is 0 Å². The molecule has 0 aromatic rings. The lowest BCUT2D eigenvalue weighted by Crippen LogP contribution is -2.33. The Labute approximate surface area is 69.5 Å². The summed E-state index contributed by atoms with van der Waals surface area (Å²) in [6, 6.07) is 0. The van der Waals surface area contributed by atoms with Gasteiger partial charge in [-0.25, -0.2) is 0 Å². The molecule has 0 unspecified atom stereocenters. The second-order valence-electron chi connectivity index (χ2n) is 2.41. The summed E-state index contributed by atoms with van der Waals surface area (Å²) in [5.41, 5.74) is 0.469. The van der Waals surface area contributed by atoms with E-state index in [9.17, 15) is 9.59 Å². The normalized spacial score (nSPS) is 14.8. The number of nitrogens with one attached hydrogen (secondary N) is 2. The van der Waals surface area contributed by atoms with E-state index in [1.807, 2.05) is 0 Å². The van der Waals surface area contributed by atoms with Crippen LogP contribution in [-0.2, 0) is 9.59 Å². The van der Waals surface area contributed by atoms with Gasteiger partial charge in [-0.2, -0.15) is 0 Å². The topological polar surface area (TPSA) is 78.4 Å². The van der Waals surface area contributed by atoms with Gasteiger partial charge in [0, 0.05) is 6.54 Å². The highest BCUT2D eigenvalue weighted by Gasteiger charge is 2.12. The van der Waals surface area contributed by atoms with Crippen molar-refractivity contribution in [3.8, 4) is 0 Å². The number of carboxylic acids is 1. The molecule has 5 nitrogen and oxygen atoms in total. The predicted molar refractivity (Wildman–Crippen MR) is 41.3 cm³/mol. The summed E-state index contributed by atoms with van der Waals surface area (Å²) < 4.78 is 0. The Morgan fingerprint density at radius 2 is 2.42 bits per heavy atom. The molecule has 1 aliphatic heterocycles. The maximum absolute atomic E-state index is 11.0. The first kappa shape index (κ1) is 8.58. The van der Waals surface area contributed by atoms with Crippen LogP contribution in [0.15, 0.2) is 11.8 Å². The van der Waals surface area contributed by atoms with Crippen LogP contribution < -0.4 is 10.6 Å². The zero-order chi connectivity index (χ0) is 8.97. The molecule has 5 heteroatoms. The van der Waals surface area contributed by atoms with Gasteiger partial charge in [-0.3, -0.25) is 9.59 Å². The molecule has 3 N–H and O–H groups in total. The van der Waals surface area contributed by atoms with E-state index in [2.05, 4.69) is 10.6 Å². The maximum atomic E-state index is 11.0. The third kappa shape index (κ3) is 2.26. The van der Waals surface area contributed by atoms with E-state index in [1.165, 1.54) is 0 Å². The van der Waals surface area contributed by atoms with Crippen molar-refractivity contribution in [1.29, 1.82) is 0 Å². The van der Waals surface area contributed by atoms with Crippen molar-refractivity contribution in [2.45, 2.75) is 6.42 Å². The van der Waals surface area contributed by atoms with Crippen molar-refractivity contribution in [3.63, 3.8) is 0 Å². The molecule has 0 aliphatic carbocycles. The van der Waals surface area contributed by atoms with Gasteiger partial charge >= 0.3 is 5.97 Å². The number of carboxylic acid groups (broad SMARTS) is 1. The number of aliphatic carboxylic acids is 1. The fraction of sp³-hybridized carbons (Fsp3) is 0.429. The minimum absolute atomic E-state index is 0.335. The van der Waals surface area contributed by atoms with Crippen molar-refractivity contribution < 1.29 is 14.7 Å². The number of carbonyl (C=O) groups is 2. The average Bonchev–Trinajstić information content (AvgIpc) is 2.51. The first-order chi connectivity index (χ1) is 5.70. The van der Waals surface area contributed by atoms with E-state index < -0.39 is 5.97 Å². The molecule has 1 heterocycles. The molecule has 0 radical (unpaired) electrons. The fourth-order valence-electron chi connectivity index (χ4n) is 0.920. The van der Waals surface area contributed by atoms with Crippen molar-refractivity contribution in [2.24, 2.45) is 0 Å². The third-order valence-corrected chi connectivity index (χ3v) is 1.45. The molecule has 66 valence electrons. The molecule has 1 amide bonds. The highest BCUT2D eigenvalue weighted by atomic mass is 16.4. The lowest BCUT2D eigenvalue weighted by molar-refractivity contribution is -0.137. The van der Waals surface area contributed by atoms with Crippen molar-refractivity contribution >= 4 is 11.9 Å². The van der Waals surface area contributed by atoms with Crippen LogP contribution in [0.4, 0.5) is 0 Å². The van der Waals surface area contributed by atoms with Gasteiger partial charge < -0.3 is 15.7 Å². The smallest absolute Gasteiger partial charge is 0.322 e. The lowest BCUT2D eigenvalue weighted by Gasteiger charge is -2.03. The standard InChI is InChI=1S/C7H10N2O3/c10-6(11)4-9-7(12)5-2-1-3-8-5/h2,8H,1,3-4H2,(H,9,12)(H,10,11). The Hall–Kier alpha value is -1.52. The first-order valence-corrected chi connectivity index (χ1v) is 3.64. The van der Waals surface area contributed by atoms with E-state index in [0.717, 1.165) is 13.0 Å². The van der Waals surface area contributed by atoms with Gasteiger partial charge in [0.1, 0.15) is 6.54 Å². The van der Waals surface area contributed by atoms with E-state index in [1.54, 1.807) is 6.08 Å². The number of carbonyl (C=O) groups excluding carboxylic acids is 1. The van der Waals surface area contributed by atoms with Crippen LogP contribution in [0.1, 0.15) is 6.42 Å². The zero-order valence-electron chi connectivity index (χ0n) is 6.46. The van der Waals surface area contributed by atoms with Crippen molar-refractivity contribution in [3.05, 3.63) is 11.8 Å². The highest BCUT2D eigenvalue weighted by molar-refractivity contribution is 5.94. The summed E-state index contributed by atoms with van der Waals surface area (Å²) in [6.45, 7) is 0.410. The molecule has 0 bridgehead atoms. The van der Waals surface area contributed by atoms with Crippen molar-refractivity contribution in [2.75, 3.05) is 13.1 Å². The van der Waals surface area contributed by atoms with Crippen LogP contribution in [0.25, 0.3) is 0 Å². The molecule has 0 aromatic carbocycles. The van der Waals surface area contributed by atoms with Crippen LogP contribution in [-0.4, -0.2) is 30.1 Å². The second-order valence-corrected chi connectivity index (χ2v) is 2.41. The molecule has 0 fully saturated rings. The molecule has 1 rings (SSSR count).